The van der Waals surface area contributed by atoms with Crippen molar-refractivity contribution in [2.24, 2.45) is 5.92 Å². The lowest BCUT2D eigenvalue weighted by Gasteiger charge is -2.39. The van der Waals surface area contributed by atoms with Gasteiger partial charge in [-0.05, 0) is 44.7 Å². The van der Waals surface area contributed by atoms with Crippen LogP contribution < -0.4 is 5.32 Å². The molecule has 0 bridgehead atoms. The Bertz CT molecular complexity index is 509. The summed E-state index contributed by atoms with van der Waals surface area (Å²) in [5.41, 5.74) is 1.10. The first kappa shape index (κ1) is 16.2. The van der Waals surface area contributed by atoms with Gasteiger partial charge < -0.3 is 10.2 Å². The number of hydrogen-bond donors (Lipinski definition) is 1. The second kappa shape index (κ2) is 7.30. The molecule has 2 atom stereocenters. The Morgan fingerprint density at radius 1 is 1.22 bits per heavy atom. The van der Waals surface area contributed by atoms with E-state index in [1.54, 1.807) is 0 Å². The van der Waals surface area contributed by atoms with Crippen molar-refractivity contribution >= 4 is 6.03 Å². The number of carbonyl (C=O) groups excluding carboxylic acids is 1. The Morgan fingerprint density at radius 2 is 1.96 bits per heavy atom. The predicted octanol–water partition coefficient (Wildman–Crippen LogP) is 2.66. The van der Waals surface area contributed by atoms with Gasteiger partial charge in [-0.25, -0.2) is 4.79 Å². The number of aromatic nitrogens is 1. The lowest BCUT2D eigenvalue weighted by Crippen LogP contribution is -2.54. The SMILES string of the molecule is C[C@@H](NC(=O)N1CCN([C@@H](C)c2ccccn2)CC1)C1CCC1. The van der Waals surface area contributed by atoms with Crippen molar-refractivity contribution in [2.45, 2.75) is 45.2 Å². The van der Waals surface area contributed by atoms with Crippen LogP contribution in [-0.4, -0.2) is 53.0 Å². The summed E-state index contributed by atoms with van der Waals surface area (Å²) >= 11 is 0. The third kappa shape index (κ3) is 3.83. The van der Waals surface area contributed by atoms with Gasteiger partial charge in [0, 0.05) is 44.5 Å². The molecule has 1 aromatic rings. The first-order valence-corrected chi connectivity index (χ1v) is 8.85. The van der Waals surface area contributed by atoms with Gasteiger partial charge in [-0.3, -0.25) is 9.88 Å². The van der Waals surface area contributed by atoms with Gasteiger partial charge in [0.15, 0.2) is 0 Å². The van der Waals surface area contributed by atoms with E-state index in [9.17, 15) is 4.79 Å². The molecule has 2 heterocycles. The van der Waals surface area contributed by atoms with Gasteiger partial charge in [0.2, 0.25) is 0 Å². The van der Waals surface area contributed by atoms with Gasteiger partial charge in [0.05, 0.1) is 5.69 Å². The number of rotatable bonds is 4. The van der Waals surface area contributed by atoms with Gasteiger partial charge in [-0.2, -0.15) is 0 Å². The third-order valence-electron chi connectivity index (χ3n) is 5.47. The maximum atomic E-state index is 12.4. The topological polar surface area (TPSA) is 48.5 Å². The zero-order valence-electron chi connectivity index (χ0n) is 14.2. The van der Waals surface area contributed by atoms with Gasteiger partial charge in [0.25, 0.3) is 0 Å². The number of pyridine rings is 1. The zero-order chi connectivity index (χ0) is 16.2. The van der Waals surface area contributed by atoms with E-state index >= 15 is 0 Å². The number of amides is 2. The second-order valence-electron chi connectivity index (χ2n) is 6.88. The zero-order valence-corrected chi connectivity index (χ0v) is 14.2. The molecule has 5 heteroatoms. The summed E-state index contributed by atoms with van der Waals surface area (Å²) in [4.78, 5) is 21.2. The molecule has 1 saturated carbocycles. The van der Waals surface area contributed by atoms with E-state index in [1.165, 1.54) is 19.3 Å². The number of urea groups is 1. The summed E-state index contributed by atoms with van der Waals surface area (Å²) in [7, 11) is 0. The number of hydrogen-bond acceptors (Lipinski definition) is 3. The molecule has 0 unspecified atom stereocenters. The molecule has 0 radical (unpaired) electrons. The van der Waals surface area contributed by atoms with Crippen LogP contribution in [0.15, 0.2) is 24.4 Å². The molecule has 2 aliphatic rings. The Labute approximate surface area is 139 Å². The van der Waals surface area contributed by atoms with Crippen LogP contribution in [0.25, 0.3) is 0 Å². The molecule has 1 aliphatic heterocycles. The fourth-order valence-corrected chi connectivity index (χ4v) is 3.47. The van der Waals surface area contributed by atoms with Crippen molar-refractivity contribution in [3.63, 3.8) is 0 Å². The molecular weight excluding hydrogens is 288 g/mol. The van der Waals surface area contributed by atoms with Crippen LogP contribution in [0.4, 0.5) is 4.79 Å². The molecule has 1 saturated heterocycles. The number of carbonyl (C=O) groups is 1. The molecule has 2 fully saturated rings. The lowest BCUT2D eigenvalue weighted by atomic mass is 9.80. The van der Waals surface area contributed by atoms with E-state index in [-0.39, 0.29) is 6.03 Å². The number of nitrogens with zero attached hydrogens (tertiary/aromatic N) is 3. The van der Waals surface area contributed by atoms with E-state index in [2.05, 4.69) is 35.1 Å². The molecule has 126 valence electrons. The third-order valence-corrected chi connectivity index (χ3v) is 5.47. The number of nitrogens with one attached hydrogen (secondary N) is 1. The van der Waals surface area contributed by atoms with E-state index in [0.717, 1.165) is 31.9 Å². The van der Waals surface area contributed by atoms with E-state index in [1.807, 2.05) is 23.2 Å². The lowest BCUT2D eigenvalue weighted by molar-refractivity contribution is 0.108. The van der Waals surface area contributed by atoms with Crippen molar-refractivity contribution in [3.8, 4) is 0 Å². The normalized spacial score (nSPS) is 22.3. The summed E-state index contributed by atoms with van der Waals surface area (Å²) in [6, 6.07) is 6.77. The molecule has 1 aliphatic carbocycles. The molecule has 2 amide bonds. The standard InChI is InChI=1S/C18H28N4O/c1-14(16-6-5-7-16)20-18(23)22-12-10-21(11-13-22)15(2)17-8-3-4-9-19-17/h3-4,8-9,14-16H,5-7,10-13H2,1-2H3,(H,20,23)/t14-,15+/m1/s1. The first-order chi connectivity index (χ1) is 11.1. The van der Waals surface area contributed by atoms with Crippen molar-refractivity contribution in [2.75, 3.05) is 26.2 Å². The van der Waals surface area contributed by atoms with Crippen LogP contribution >= 0.6 is 0 Å². The molecule has 1 N–H and O–H groups in total. The van der Waals surface area contributed by atoms with Gasteiger partial charge in [-0.1, -0.05) is 12.5 Å². The Morgan fingerprint density at radius 3 is 2.52 bits per heavy atom. The molecule has 3 rings (SSSR count). The molecule has 1 aromatic heterocycles. The van der Waals surface area contributed by atoms with E-state index in [4.69, 9.17) is 0 Å². The van der Waals surface area contributed by atoms with E-state index in [0.29, 0.717) is 18.0 Å². The average Bonchev–Trinajstić information content (AvgIpc) is 2.53. The highest BCUT2D eigenvalue weighted by Crippen LogP contribution is 2.29. The van der Waals surface area contributed by atoms with Crippen LogP contribution in [0.3, 0.4) is 0 Å². The van der Waals surface area contributed by atoms with Crippen molar-refractivity contribution in [1.82, 2.24) is 20.1 Å². The minimum absolute atomic E-state index is 0.106. The Kier molecular flexibility index (Phi) is 5.16. The quantitative estimate of drug-likeness (QED) is 0.929. The summed E-state index contributed by atoms with van der Waals surface area (Å²) < 4.78 is 0. The minimum atomic E-state index is 0.106. The van der Waals surface area contributed by atoms with Gasteiger partial charge in [0.1, 0.15) is 0 Å². The first-order valence-electron chi connectivity index (χ1n) is 8.85. The monoisotopic (exact) mass is 316 g/mol. The summed E-state index contributed by atoms with van der Waals surface area (Å²) in [6.45, 7) is 7.73. The highest BCUT2D eigenvalue weighted by atomic mass is 16.2. The van der Waals surface area contributed by atoms with Crippen molar-refractivity contribution < 1.29 is 4.79 Å². The largest absolute Gasteiger partial charge is 0.335 e. The summed E-state index contributed by atoms with van der Waals surface area (Å²) in [6.07, 6.45) is 5.68. The number of piperazine rings is 1. The van der Waals surface area contributed by atoms with Crippen LogP contribution in [0.2, 0.25) is 0 Å². The predicted molar refractivity (Wildman–Crippen MR) is 91.1 cm³/mol. The molecule has 5 nitrogen and oxygen atoms in total. The van der Waals surface area contributed by atoms with Gasteiger partial charge >= 0.3 is 6.03 Å². The van der Waals surface area contributed by atoms with Crippen LogP contribution in [-0.2, 0) is 0 Å². The van der Waals surface area contributed by atoms with Gasteiger partial charge in [-0.15, -0.1) is 0 Å². The fourth-order valence-electron chi connectivity index (χ4n) is 3.47. The minimum Gasteiger partial charge on any atom is -0.335 e. The second-order valence-corrected chi connectivity index (χ2v) is 6.88. The Balaban J connectivity index is 1.47. The highest BCUT2D eigenvalue weighted by molar-refractivity contribution is 5.74. The molecule has 0 aromatic carbocycles. The Hall–Kier alpha value is -1.62. The molecule has 23 heavy (non-hydrogen) atoms. The summed E-state index contributed by atoms with van der Waals surface area (Å²) in [5.74, 6) is 0.685. The average molecular weight is 316 g/mol. The van der Waals surface area contributed by atoms with Crippen LogP contribution in [0.1, 0.15) is 44.8 Å². The van der Waals surface area contributed by atoms with Crippen LogP contribution in [0, 0.1) is 5.92 Å². The van der Waals surface area contributed by atoms with Crippen LogP contribution in [0.5, 0.6) is 0 Å². The smallest absolute Gasteiger partial charge is 0.317 e. The molecular formula is C18H28N4O. The fraction of sp³-hybridized carbons (Fsp3) is 0.667. The molecule has 0 spiro atoms. The maximum Gasteiger partial charge on any atom is 0.317 e. The summed E-state index contributed by atoms with van der Waals surface area (Å²) in [5, 5.41) is 3.18. The van der Waals surface area contributed by atoms with Crippen molar-refractivity contribution in [1.29, 1.82) is 0 Å². The maximum absolute atomic E-state index is 12.4. The van der Waals surface area contributed by atoms with Crippen molar-refractivity contribution in [3.05, 3.63) is 30.1 Å². The highest BCUT2D eigenvalue weighted by Gasteiger charge is 2.29. The van der Waals surface area contributed by atoms with E-state index < -0.39 is 0 Å².